The SMILES string of the molecule is CC(=O)N1CCC(NC2CC(C(=O)NC[C@H](O)CN3CCC4CC(OCC5OCNC5C)C(F)CC4C3)NCN2)CC1. The van der Waals surface area contributed by atoms with Crippen molar-refractivity contribution in [1.29, 1.82) is 0 Å². The van der Waals surface area contributed by atoms with Crippen molar-refractivity contribution in [2.75, 3.05) is 59.3 Å². The molecular formula is C29H52FN7O5. The summed E-state index contributed by atoms with van der Waals surface area (Å²) in [6.45, 7) is 8.93. The molecule has 5 aliphatic rings. The van der Waals surface area contributed by atoms with Crippen LogP contribution < -0.4 is 26.6 Å². The number of nitrogens with one attached hydrogen (secondary N) is 5. The Morgan fingerprint density at radius 3 is 2.64 bits per heavy atom. The van der Waals surface area contributed by atoms with Gasteiger partial charge in [-0.25, -0.2) is 4.39 Å². The van der Waals surface area contributed by atoms with Gasteiger partial charge in [0.2, 0.25) is 11.8 Å². The molecule has 42 heavy (non-hydrogen) atoms. The molecule has 13 heteroatoms. The van der Waals surface area contributed by atoms with Crippen LogP contribution in [0.2, 0.25) is 0 Å². The maximum atomic E-state index is 15.0. The normalized spacial score (nSPS) is 37.3. The Bertz CT molecular complexity index is 896. The predicted molar refractivity (Wildman–Crippen MR) is 155 cm³/mol. The molecule has 5 fully saturated rings. The molecule has 6 N–H and O–H groups in total. The summed E-state index contributed by atoms with van der Waals surface area (Å²) < 4.78 is 26.7. The van der Waals surface area contributed by atoms with Gasteiger partial charge in [-0.2, -0.15) is 0 Å². The van der Waals surface area contributed by atoms with E-state index in [2.05, 4.69) is 38.4 Å². The number of carbonyl (C=O) groups is 2. The number of halogens is 1. The number of piperidine rings is 2. The molecule has 0 aromatic rings. The summed E-state index contributed by atoms with van der Waals surface area (Å²) in [7, 11) is 0. The van der Waals surface area contributed by atoms with Gasteiger partial charge in [-0.15, -0.1) is 0 Å². The van der Waals surface area contributed by atoms with Gasteiger partial charge in [-0.1, -0.05) is 0 Å². The molecule has 4 heterocycles. The van der Waals surface area contributed by atoms with Gasteiger partial charge in [-0.3, -0.25) is 30.9 Å². The lowest BCUT2D eigenvalue weighted by atomic mass is 9.73. The number of ether oxygens (including phenoxy) is 2. The van der Waals surface area contributed by atoms with Crippen LogP contribution in [0, 0.1) is 11.8 Å². The molecule has 4 saturated heterocycles. The summed E-state index contributed by atoms with van der Waals surface area (Å²) in [5, 5.41) is 27.1. The number of amides is 2. The average Bonchev–Trinajstić information content (AvgIpc) is 3.39. The van der Waals surface area contributed by atoms with Crippen LogP contribution in [0.4, 0.5) is 4.39 Å². The second kappa shape index (κ2) is 15.0. The summed E-state index contributed by atoms with van der Waals surface area (Å²) in [4.78, 5) is 28.6. The first kappa shape index (κ1) is 32.0. The largest absolute Gasteiger partial charge is 0.390 e. The van der Waals surface area contributed by atoms with Gasteiger partial charge in [0, 0.05) is 64.8 Å². The van der Waals surface area contributed by atoms with Crippen LogP contribution in [0.1, 0.15) is 52.4 Å². The number of aliphatic hydroxyl groups is 1. The zero-order valence-electron chi connectivity index (χ0n) is 25.2. The lowest BCUT2D eigenvalue weighted by Crippen LogP contribution is -2.62. The Kier molecular flexibility index (Phi) is 11.4. The van der Waals surface area contributed by atoms with Gasteiger partial charge in [0.05, 0.1) is 43.9 Å². The first-order chi connectivity index (χ1) is 20.2. The van der Waals surface area contributed by atoms with E-state index in [1.54, 1.807) is 6.92 Å². The van der Waals surface area contributed by atoms with Crippen LogP contribution in [-0.4, -0.2) is 135 Å². The molecule has 2 amide bonds. The lowest BCUT2D eigenvalue weighted by Gasteiger charge is -2.45. The van der Waals surface area contributed by atoms with E-state index in [0.717, 1.165) is 51.9 Å². The standard InChI is InChI=1S/C29H52FN7O5/c1-18-27(42-17-34-18)15-41-26-10-20-3-6-36(13-21(20)9-24(26)30)14-23(39)12-31-29(40)25-11-28(33-16-32-25)35-22-4-7-37(8-5-22)19(2)38/h18,20-28,32-35,39H,3-17H2,1-2H3,(H,31,40)/t18?,20?,21?,23-,24?,25?,26?,27?,28?/m0/s1. The molecule has 0 aromatic heterocycles. The van der Waals surface area contributed by atoms with Crippen LogP contribution >= 0.6 is 0 Å². The van der Waals surface area contributed by atoms with Gasteiger partial charge in [0.25, 0.3) is 0 Å². The van der Waals surface area contributed by atoms with Crippen molar-refractivity contribution in [2.45, 2.75) is 101 Å². The van der Waals surface area contributed by atoms with E-state index in [4.69, 9.17) is 9.47 Å². The second-order valence-electron chi connectivity index (χ2n) is 13.0. The number of hydrogen-bond donors (Lipinski definition) is 6. The number of likely N-dealkylation sites (tertiary alicyclic amines) is 2. The number of rotatable bonds is 10. The minimum Gasteiger partial charge on any atom is -0.390 e. The molecule has 1 saturated carbocycles. The molecule has 8 unspecified atom stereocenters. The highest BCUT2D eigenvalue weighted by Crippen LogP contribution is 2.39. The van der Waals surface area contributed by atoms with Crippen molar-refractivity contribution in [2.24, 2.45) is 11.8 Å². The van der Waals surface area contributed by atoms with E-state index in [1.165, 1.54) is 0 Å². The summed E-state index contributed by atoms with van der Waals surface area (Å²) in [6, 6.07) is 0.189. The zero-order chi connectivity index (χ0) is 29.6. The third kappa shape index (κ3) is 8.59. The molecule has 5 rings (SSSR count). The van der Waals surface area contributed by atoms with Crippen LogP contribution in [0.3, 0.4) is 0 Å². The molecule has 1 aliphatic carbocycles. The Labute approximate surface area is 249 Å². The van der Waals surface area contributed by atoms with Gasteiger partial charge in [0.1, 0.15) is 6.17 Å². The van der Waals surface area contributed by atoms with E-state index >= 15 is 4.39 Å². The number of carbonyl (C=O) groups excluding carboxylic acids is 2. The maximum Gasteiger partial charge on any atom is 0.237 e. The monoisotopic (exact) mass is 597 g/mol. The third-order valence-corrected chi connectivity index (χ3v) is 10.0. The molecule has 0 aromatic carbocycles. The van der Waals surface area contributed by atoms with Gasteiger partial charge >= 0.3 is 0 Å². The fourth-order valence-electron chi connectivity index (χ4n) is 7.32. The molecule has 0 radical (unpaired) electrons. The van der Waals surface area contributed by atoms with Crippen LogP contribution in [-0.2, 0) is 19.1 Å². The number of alkyl halides is 1. The third-order valence-electron chi connectivity index (χ3n) is 10.0. The predicted octanol–water partition coefficient (Wildman–Crippen LogP) is -0.911. The fraction of sp³-hybridized carbons (Fsp3) is 0.931. The Morgan fingerprint density at radius 2 is 1.90 bits per heavy atom. The van der Waals surface area contributed by atoms with Gasteiger partial charge < -0.3 is 29.7 Å². The zero-order valence-corrected chi connectivity index (χ0v) is 25.2. The second-order valence-corrected chi connectivity index (χ2v) is 13.0. The summed E-state index contributed by atoms with van der Waals surface area (Å²) in [5.41, 5.74) is 0. The molecule has 0 bridgehead atoms. The van der Waals surface area contributed by atoms with Crippen LogP contribution in [0.5, 0.6) is 0 Å². The minimum atomic E-state index is -0.982. The lowest BCUT2D eigenvalue weighted by molar-refractivity contribution is -0.130. The highest BCUT2D eigenvalue weighted by Gasteiger charge is 2.41. The van der Waals surface area contributed by atoms with E-state index in [0.29, 0.717) is 51.4 Å². The van der Waals surface area contributed by atoms with Crippen molar-refractivity contribution >= 4 is 11.8 Å². The summed E-state index contributed by atoms with van der Waals surface area (Å²) in [5.74, 6) is 0.706. The van der Waals surface area contributed by atoms with E-state index < -0.39 is 12.3 Å². The van der Waals surface area contributed by atoms with Gasteiger partial charge in [0.15, 0.2) is 0 Å². The minimum absolute atomic E-state index is 0.0125. The smallest absolute Gasteiger partial charge is 0.237 e. The first-order valence-corrected chi connectivity index (χ1v) is 16.0. The fourth-order valence-corrected chi connectivity index (χ4v) is 7.32. The van der Waals surface area contributed by atoms with Crippen molar-refractivity contribution in [3.8, 4) is 0 Å². The highest BCUT2D eigenvalue weighted by atomic mass is 19.1. The molecule has 240 valence electrons. The van der Waals surface area contributed by atoms with Crippen molar-refractivity contribution < 1.29 is 28.6 Å². The highest BCUT2D eigenvalue weighted by molar-refractivity contribution is 5.81. The van der Waals surface area contributed by atoms with Crippen molar-refractivity contribution in [3.63, 3.8) is 0 Å². The Morgan fingerprint density at radius 1 is 1.10 bits per heavy atom. The first-order valence-electron chi connectivity index (χ1n) is 16.0. The number of hydrogen-bond acceptors (Lipinski definition) is 10. The van der Waals surface area contributed by atoms with E-state index in [9.17, 15) is 14.7 Å². The molecule has 4 aliphatic heterocycles. The Balaban J connectivity index is 0.977. The van der Waals surface area contributed by atoms with E-state index in [-0.39, 0.29) is 54.7 Å². The number of nitrogens with zero attached hydrogens (tertiary/aromatic N) is 2. The van der Waals surface area contributed by atoms with Crippen LogP contribution in [0.25, 0.3) is 0 Å². The summed E-state index contributed by atoms with van der Waals surface area (Å²) >= 11 is 0. The number of fused-ring (bicyclic) bond motifs is 1. The van der Waals surface area contributed by atoms with Gasteiger partial charge in [-0.05, 0) is 57.4 Å². The molecule has 9 atom stereocenters. The Hall–Kier alpha value is -1.45. The molecule has 0 spiro atoms. The molecular weight excluding hydrogens is 545 g/mol. The average molecular weight is 598 g/mol. The van der Waals surface area contributed by atoms with Crippen molar-refractivity contribution in [1.82, 2.24) is 36.4 Å². The quantitative estimate of drug-likeness (QED) is 0.188. The molecule has 12 nitrogen and oxygen atoms in total. The number of β-amino-alcohol motifs (C(OH)–C–C–N with tert-alkyl or cyclic N) is 1. The van der Waals surface area contributed by atoms with E-state index in [1.807, 2.05) is 4.90 Å². The maximum absolute atomic E-state index is 15.0. The van der Waals surface area contributed by atoms with Crippen molar-refractivity contribution in [3.05, 3.63) is 0 Å². The summed E-state index contributed by atoms with van der Waals surface area (Å²) in [6.07, 6.45) is 2.56. The number of aliphatic hydroxyl groups excluding tert-OH is 1. The topological polar surface area (TPSA) is 139 Å². The van der Waals surface area contributed by atoms with Crippen LogP contribution in [0.15, 0.2) is 0 Å².